The van der Waals surface area contributed by atoms with Gasteiger partial charge in [0.2, 0.25) is 11.8 Å². The Bertz CT molecular complexity index is 678. The molecule has 0 saturated carbocycles. The van der Waals surface area contributed by atoms with E-state index in [0.717, 1.165) is 18.5 Å². The number of thiophene rings is 1. The highest BCUT2D eigenvalue weighted by molar-refractivity contribution is 7.08. The molecule has 3 rings (SSSR count). The minimum absolute atomic E-state index is 0.0659. The molecular formula is C18H26N4O3S. The first-order valence-corrected chi connectivity index (χ1v) is 10.0. The number of carbonyl (C=O) groups is 3. The van der Waals surface area contributed by atoms with Crippen molar-refractivity contribution in [2.45, 2.75) is 38.6 Å². The van der Waals surface area contributed by atoms with Gasteiger partial charge in [0.15, 0.2) is 0 Å². The van der Waals surface area contributed by atoms with E-state index >= 15 is 0 Å². The maximum atomic E-state index is 12.6. The summed E-state index contributed by atoms with van der Waals surface area (Å²) in [5, 5.41) is 6.83. The summed E-state index contributed by atoms with van der Waals surface area (Å²) in [5.41, 5.74) is 0.359. The number of nitrogens with zero attached hydrogens (tertiary/aromatic N) is 3. The van der Waals surface area contributed by atoms with Crippen LogP contribution in [0.2, 0.25) is 0 Å². The summed E-state index contributed by atoms with van der Waals surface area (Å²) >= 11 is 1.54. The number of amides is 4. The van der Waals surface area contributed by atoms with Crippen molar-refractivity contribution >= 4 is 34.9 Å². The smallest absolute Gasteiger partial charge is 0.317 e. The number of rotatable bonds is 4. The van der Waals surface area contributed by atoms with E-state index in [4.69, 9.17) is 0 Å². The Kier molecular flexibility index (Phi) is 5.50. The second-order valence-electron chi connectivity index (χ2n) is 7.05. The average Bonchev–Trinajstić information content (AvgIpc) is 3.27. The van der Waals surface area contributed by atoms with Gasteiger partial charge in [0.1, 0.15) is 6.54 Å². The van der Waals surface area contributed by atoms with Crippen LogP contribution in [0, 0.1) is 0 Å². The molecule has 7 nitrogen and oxygen atoms in total. The van der Waals surface area contributed by atoms with Crippen LogP contribution in [0.4, 0.5) is 10.5 Å². The van der Waals surface area contributed by atoms with Crippen LogP contribution in [0.5, 0.6) is 0 Å². The third-order valence-electron chi connectivity index (χ3n) is 5.24. The van der Waals surface area contributed by atoms with Gasteiger partial charge in [0.05, 0.1) is 17.8 Å². The van der Waals surface area contributed by atoms with Crippen molar-refractivity contribution < 1.29 is 14.4 Å². The first-order valence-electron chi connectivity index (χ1n) is 9.10. The number of urea groups is 1. The number of carbonyl (C=O) groups excluding carboxylic acids is 3. The van der Waals surface area contributed by atoms with Crippen LogP contribution in [0.3, 0.4) is 0 Å². The van der Waals surface area contributed by atoms with Crippen LogP contribution < -0.4 is 10.2 Å². The Morgan fingerprint density at radius 1 is 1.35 bits per heavy atom. The van der Waals surface area contributed by atoms with Crippen molar-refractivity contribution in [3.8, 4) is 0 Å². The van der Waals surface area contributed by atoms with Gasteiger partial charge in [-0.05, 0) is 24.3 Å². The number of unbranched alkanes of at least 4 members (excludes halogenated alkanes) is 1. The zero-order chi connectivity index (χ0) is 18.7. The van der Waals surface area contributed by atoms with Gasteiger partial charge in [-0.15, -0.1) is 0 Å². The molecule has 3 heterocycles. The van der Waals surface area contributed by atoms with Crippen LogP contribution in [-0.2, 0) is 9.59 Å². The summed E-state index contributed by atoms with van der Waals surface area (Å²) in [6, 6.07) is 1.84. The second kappa shape index (κ2) is 7.65. The number of anilines is 1. The molecule has 142 valence electrons. The average molecular weight is 378 g/mol. The fraction of sp³-hybridized carbons (Fsp3) is 0.611. The van der Waals surface area contributed by atoms with E-state index in [-0.39, 0.29) is 24.4 Å². The monoisotopic (exact) mass is 378 g/mol. The molecule has 8 heteroatoms. The molecule has 2 aliphatic heterocycles. The molecule has 1 aromatic rings. The highest BCUT2D eigenvalue weighted by atomic mass is 32.1. The maximum Gasteiger partial charge on any atom is 0.317 e. The molecule has 0 bridgehead atoms. The Labute approximate surface area is 157 Å². The highest BCUT2D eigenvalue weighted by Crippen LogP contribution is 2.35. The van der Waals surface area contributed by atoms with Crippen LogP contribution in [0.15, 0.2) is 16.8 Å². The molecule has 1 spiro atoms. The number of likely N-dealkylation sites (tertiary alicyclic amines) is 1. The van der Waals surface area contributed by atoms with Crippen molar-refractivity contribution in [1.29, 1.82) is 0 Å². The van der Waals surface area contributed by atoms with Crippen molar-refractivity contribution in [2.75, 3.05) is 37.6 Å². The summed E-state index contributed by atoms with van der Waals surface area (Å²) in [6.07, 6.45) is 2.66. The number of nitrogens with one attached hydrogen (secondary N) is 1. The second-order valence-corrected chi connectivity index (χ2v) is 7.83. The van der Waals surface area contributed by atoms with Gasteiger partial charge in [-0.1, -0.05) is 13.3 Å². The van der Waals surface area contributed by atoms with Gasteiger partial charge in [-0.25, -0.2) is 4.79 Å². The van der Waals surface area contributed by atoms with Gasteiger partial charge in [0, 0.05) is 31.9 Å². The third kappa shape index (κ3) is 3.56. The minimum atomic E-state index is -0.510. The molecule has 2 fully saturated rings. The fourth-order valence-electron chi connectivity index (χ4n) is 3.81. The quantitative estimate of drug-likeness (QED) is 0.814. The Morgan fingerprint density at radius 2 is 2.15 bits per heavy atom. The van der Waals surface area contributed by atoms with E-state index in [9.17, 15) is 14.4 Å². The molecule has 2 aliphatic rings. The third-order valence-corrected chi connectivity index (χ3v) is 5.91. The maximum absolute atomic E-state index is 12.6. The molecule has 2 saturated heterocycles. The van der Waals surface area contributed by atoms with Gasteiger partial charge >= 0.3 is 6.03 Å². The molecule has 1 aromatic heterocycles. The van der Waals surface area contributed by atoms with E-state index in [1.165, 1.54) is 6.92 Å². The minimum Gasteiger partial charge on any atom is -0.338 e. The standard InChI is InChI=1S/C18H26N4O3S/c1-3-4-7-19-17(25)20-8-6-18(12-20)13-21(15-5-9-26-11-15)16(24)10-22(18)14(2)23/h5,9,11H,3-4,6-8,10,12-13H2,1-2H3,(H,19,25)/t18-/m0/s1. The van der Waals surface area contributed by atoms with Crippen LogP contribution in [0.25, 0.3) is 0 Å². The SMILES string of the molecule is CCCCNC(=O)N1CC[C@]2(C1)CN(c1ccsc1)C(=O)CN2C(C)=O. The topological polar surface area (TPSA) is 73.0 Å². The molecule has 0 unspecified atom stereocenters. The Morgan fingerprint density at radius 3 is 2.81 bits per heavy atom. The summed E-state index contributed by atoms with van der Waals surface area (Å²) in [6.45, 7) is 5.79. The van der Waals surface area contributed by atoms with E-state index in [0.29, 0.717) is 32.6 Å². The normalized spacial score (nSPS) is 23.0. The van der Waals surface area contributed by atoms with Crippen molar-refractivity contribution in [3.05, 3.63) is 16.8 Å². The highest BCUT2D eigenvalue weighted by Gasteiger charge is 2.51. The molecular weight excluding hydrogens is 352 g/mol. The lowest BCUT2D eigenvalue weighted by molar-refractivity contribution is -0.142. The Balaban J connectivity index is 1.77. The first-order chi connectivity index (χ1) is 12.5. The summed E-state index contributed by atoms with van der Waals surface area (Å²) < 4.78 is 0. The first kappa shape index (κ1) is 18.7. The van der Waals surface area contributed by atoms with Gasteiger partial charge in [0.25, 0.3) is 0 Å². The molecule has 0 radical (unpaired) electrons. The summed E-state index contributed by atoms with van der Waals surface area (Å²) in [5.74, 6) is -0.188. The summed E-state index contributed by atoms with van der Waals surface area (Å²) in [4.78, 5) is 42.4. The largest absolute Gasteiger partial charge is 0.338 e. The number of hydrogen-bond acceptors (Lipinski definition) is 4. The predicted octanol–water partition coefficient (Wildman–Crippen LogP) is 1.90. The van der Waals surface area contributed by atoms with Gasteiger partial charge < -0.3 is 20.0 Å². The molecule has 1 N–H and O–H groups in total. The number of hydrogen-bond donors (Lipinski definition) is 1. The zero-order valence-corrected chi connectivity index (χ0v) is 16.2. The van der Waals surface area contributed by atoms with Crippen molar-refractivity contribution in [3.63, 3.8) is 0 Å². The van der Waals surface area contributed by atoms with Crippen molar-refractivity contribution in [2.24, 2.45) is 0 Å². The number of piperazine rings is 1. The lowest BCUT2D eigenvalue weighted by Gasteiger charge is -2.47. The Hall–Kier alpha value is -2.09. The molecule has 0 aromatic carbocycles. The molecule has 0 aliphatic carbocycles. The van der Waals surface area contributed by atoms with Crippen LogP contribution >= 0.6 is 11.3 Å². The molecule has 4 amide bonds. The van der Waals surface area contributed by atoms with E-state index in [1.807, 2.05) is 16.8 Å². The van der Waals surface area contributed by atoms with Gasteiger partial charge in [-0.2, -0.15) is 11.3 Å². The van der Waals surface area contributed by atoms with E-state index in [1.54, 1.807) is 26.0 Å². The summed E-state index contributed by atoms with van der Waals surface area (Å²) in [7, 11) is 0. The lowest BCUT2D eigenvalue weighted by Crippen LogP contribution is -2.67. The van der Waals surface area contributed by atoms with Crippen LogP contribution in [-0.4, -0.2) is 65.9 Å². The van der Waals surface area contributed by atoms with Crippen LogP contribution in [0.1, 0.15) is 33.1 Å². The molecule has 1 atom stereocenters. The van der Waals surface area contributed by atoms with Crippen molar-refractivity contribution in [1.82, 2.24) is 15.1 Å². The predicted molar refractivity (Wildman–Crippen MR) is 101 cm³/mol. The van der Waals surface area contributed by atoms with E-state index in [2.05, 4.69) is 12.2 Å². The molecule has 26 heavy (non-hydrogen) atoms. The van der Waals surface area contributed by atoms with E-state index < -0.39 is 5.54 Å². The lowest BCUT2D eigenvalue weighted by atomic mass is 9.92. The van der Waals surface area contributed by atoms with Gasteiger partial charge in [-0.3, -0.25) is 9.59 Å². The fourth-order valence-corrected chi connectivity index (χ4v) is 4.45. The zero-order valence-electron chi connectivity index (χ0n) is 15.4.